The molecule has 2 atom stereocenters. The van der Waals surface area contributed by atoms with Crippen LogP contribution in [0.2, 0.25) is 0 Å². The van der Waals surface area contributed by atoms with Gasteiger partial charge in [-0.3, -0.25) is 0 Å². The minimum absolute atomic E-state index is 0. The maximum absolute atomic E-state index is 5.57. The Labute approximate surface area is 72.6 Å². The summed E-state index contributed by atoms with van der Waals surface area (Å²) in [6.07, 6.45) is 2.47. The molecule has 0 saturated carbocycles. The third kappa shape index (κ3) is 1.51. The van der Waals surface area contributed by atoms with Gasteiger partial charge in [-0.2, -0.15) is 0 Å². The number of nitrogens with two attached hydrogens (primary N) is 1. The van der Waals surface area contributed by atoms with E-state index in [0.29, 0.717) is 19.3 Å². The van der Waals surface area contributed by atoms with Crippen LogP contribution >= 0.6 is 12.4 Å². The van der Waals surface area contributed by atoms with Crippen LogP contribution in [0.1, 0.15) is 12.8 Å². The summed E-state index contributed by atoms with van der Waals surface area (Å²) in [5.41, 5.74) is 5.46. The molecule has 11 heavy (non-hydrogen) atoms. The Hall–Kier alpha value is 0.170. The van der Waals surface area contributed by atoms with Gasteiger partial charge in [-0.1, -0.05) is 0 Å². The molecule has 0 radical (unpaired) electrons. The van der Waals surface area contributed by atoms with E-state index in [1.807, 2.05) is 0 Å². The quantitative estimate of drug-likeness (QED) is 0.631. The van der Waals surface area contributed by atoms with Crippen molar-refractivity contribution in [3.8, 4) is 0 Å². The molecule has 3 nitrogen and oxygen atoms in total. The Morgan fingerprint density at radius 3 is 3.00 bits per heavy atom. The van der Waals surface area contributed by atoms with Crippen LogP contribution in [0, 0.1) is 0 Å². The van der Waals surface area contributed by atoms with E-state index >= 15 is 0 Å². The highest BCUT2D eigenvalue weighted by atomic mass is 35.5. The fourth-order valence-corrected chi connectivity index (χ4v) is 1.70. The maximum atomic E-state index is 5.57. The summed E-state index contributed by atoms with van der Waals surface area (Å²) < 4.78 is 11.0. The van der Waals surface area contributed by atoms with E-state index < -0.39 is 0 Å². The average molecular weight is 180 g/mol. The zero-order valence-corrected chi connectivity index (χ0v) is 7.23. The van der Waals surface area contributed by atoms with Gasteiger partial charge in [0.25, 0.3) is 0 Å². The van der Waals surface area contributed by atoms with E-state index in [0.717, 1.165) is 19.4 Å². The molecule has 4 heteroatoms. The molecule has 2 bridgehead atoms. The first-order valence-corrected chi connectivity index (χ1v) is 3.80. The fourth-order valence-electron chi connectivity index (χ4n) is 1.70. The second-order valence-corrected chi connectivity index (χ2v) is 3.16. The fraction of sp³-hybridized carbons (Fsp3) is 1.00. The number of halogens is 1. The molecule has 2 heterocycles. The van der Waals surface area contributed by atoms with Crippen LogP contribution in [0.15, 0.2) is 0 Å². The van der Waals surface area contributed by atoms with Gasteiger partial charge in [0.05, 0.1) is 12.7 Å². The van der Waals surface area contributed by atoms with Crippen molar-refractivity contribution in [2.24, 2.45) is 5.73 Å². The van der Waals surface area contributed by atoms with Gasteiger partial charge < -0.3 is 15.2 Å². The summed E-state index contributed by atoms with van der Waals surface area (Å²) in [5.74, 6) is 0. The predicted molar refractivity (Wildman–Crippen MR) is 44.0 cm³/mol. The van der Waals surface area contributed by atoms with Gasteiger partial charge in [-0.25, -0.2) is 0 Å². The van der Waals surface area contributed by atoms with Gasteiger partial charge >= 0.3 is 0 Å². The number of ether oxygens (including phenoxy) is 2. The first kappa shape index (κ1) is 9.26. The molecule has 2 aliphatic heterocycles. The highest BCUT2D eigenvalue weighted by molar-refractivity contribution is 5.85. The second-order valence-electron chi connectivity index (χ2n) is 3.16. The van der Waals surface area contributed by atoms with Crippen LogP contribution in [0.5, 0.6) is 0 Å². The van der Waals surface area contributed by atoms with Crippen molar-refractivity contribution in [2.75, 3.05) is 19.8 Å². The van der Waals surface area contributed by atoms with Gasteiger partial charge in [-0.15, -0.1) is 12.4 Å². The van der Waals surface area contributed by atoms with Gasteiger partial charge in [0, 0.05) is 19.6 Å². The SMILES string of the molecule is Cl.NCC12COC(CCO1)C2. The van der Waals surface area contributed by atoms with E-state index in [1.54, 1.807) is 0 Å². The molecule has 0 aromatic heterocycles. The lowest BCUT2D eigenvalue weighted by atomic mass is 9.96. The van der Waals surface area contributed by atoms with E-state index in [-0.39, 0.29) is 18.0 Å². The Bertz CT molecular complexity index is 140. The molecule has 0 spiro atoms. The summed E-state index contributed by atoms with van der Waals surface area (Å²) in [6.45, 7) is 2.12. The molecule has 2 fully saturated rings. The minimum Gasteiger partial charge on any atom is -0.375 e. The summed E-state index contributed by atoms with van der Waals surface area (Å²) in [7, 11) is 0. The lowest BCUT2D eigenvalue weighted by Gasteiger charge is -2.29. The topological polar surface area (TPSA) is 44.5 Å². The molecule has 2 N–H and O–H groups in total. The molecule has 2 aliphatic rings. The molecule has 0 amide bonds. The van der Waals surface area contributed by atoms with Gasteiger partial charge in [-0.05, 0) is 6.42 Å². The van der Waals surface area contributed by atoms with Crippen molar-refractivity contribution in [1.82, 2.24) is 0 Å². The summed E-state index contributed by atoms with van der Waals surface area (Å²) >= 11 is 0. The molecule has 0 aromatic carbocycles. The van der Waals surface area contributed by atoms with Crippen molar-refractivity contribution >= 4 is 12.4 Å². The summed E-state index contributed by atoms with van der Waals surface area (Å²) in [6, 6.07) is 0. The summed E-state index contributed by atoms with van der Waals surface area (Å²) in [4.78, 5) is 0. The normalized spacial score (nSPS) is 41.7. The predicted octanol–water partition coefficient (Wildman–Crippen LogP) is 0.315. The van der Waals surface area contributed by atoms with Crippen LogP contribution in [0.3, 0.4) is 0 Å². The first-order valence-electron chi connectivity index (χ1n) is 3.80. The van der Waals surface area contributed by atoms with Gasteiger partial charge in [0.1, 0.15) is 5.60 Å². The number of hydrogen-bond donors (Lipinski definition) is 1. The third-order valence-electron chi connectivity index (χ3n) is 2.40. The standard InChI is InChI=1S/C7H13NO2.ClH/c8-4-7-3-6(9-5-7)1-2-10-7;/h6H,1-5,8H2;1H. The van der Waals surface area contributed by atoms with Crippen molar-refractivity contribution < 1.29 is 9.47 Å². The zero-order chi connectivity index (χ0) is 7.03. The molecule has 2 saturated heterocycles. The number of rotatable bonds is 1. The number of fused-ring (bicyclic) bond motifs is 2. The Kier molecular flexibility index (Phi) is 2.75. The van der Waals surface area contributed by atoms with E-state index in [9.17, 15) is 0 Å². The zero-order valence-electron chi connectivity index (χ0n) is 6.41. The van der Waals surface area contributed by atoms with E-state index in [1.165, 1.54) is 0 Å². The summed E-state index contributed by atoms with van der Waals surface area (Å²) in [5, 5.41) is 0. The lowest BCUT2D eigenvalue weighted by molar-refractivity contribution is -0.0448. The van der Waals surface area contributed by atoms with Crippen molar-refractivity contribution in [3.05, 3.63) is 0 Å². The molecule has 0 aromatic rings. The molecule has 2 unspecified atom stereocenters. The molecule has 0 aliphatic carbocycles. The van der Waals surface area contributed by atoms with E-state index in [4.69, 9.17) is 15.2 Å². The molecular weight excluding hydrogens is 166 g/mol. The van der Waals surface area contributed by atoms with Crippen LogP contribution in [0.25, 0.3) is 0 Å². The average Bonchev–Trinajstić information content (AvgIpc) is 2.29. The largest absolute Gasteiger partial charge is 0.375 e. The van der Waals surface area contributed by atoms with E-state index in [2.05, 4.69) is 0 Å². The first-order chi connectivity index (χ1) is 4.85. The monoisotopic (exact) mass is 179 g/mol. The smallest absolute Gasteiger partial charge is 0.106 e. The molecule has 66 valence electrons. The number of hydrogen-bond acceptors (Lipinski definition) is 3. The van der Waals surface area contributed by atoms with Crippen LogP contribution in [-0.4, -0.2) is 31.5 Å². The highest BCUT2D eigenvalue weighted by Gasteiger charge is 2.43. The Morgan fingerprint density at radius 1 is 1.55 bits per heavy atom. The Balaban J connectivity index is 0.000000605. The minimum atomic E-state index is -0.108. The Morgan fingerprint density at radius 2 is 2.36 bits per heavy atom. The second kappa shape index (κ2) is 3.27. The van der Waals surface area contributed by atoms with Crippen LogP contribution in [0.4, 0.5) is 0 Å². The third-order valence-corrected chi connectivity index (χ3v) is 2.40. The van der Waals surface area contributed by atoms with Crippen molar-refractivity contribution in [3.63, 3.8) is 0 Å². The lowest BCUT2D eigenvalue weighted by Crippen LogP contribution is -2.43. The molecule has 2 rings (SSSR count). The van der Waals surface area contributed by atoms with Crippen LogP contribution in [-0.2, 0) is 9.47 Å². The van der Waals surface area contributed by atoms with Gasteiger partial charge in [0.15, 0.2) is 0 Å². The van der Waals surface area contributed by atoms with Crippen LogP contribution < -0.4 is 5.73 Å². The van der Waals surface area contributed by atoms with Crippen molar-refractivity contribution in [1.29, 1.82) is 0 Å². The van der Waals surface area contributed by atoms with Crippen molar-refractivity contribution in [2.45, 2.75) is 24.5 Å². The maximum Gasteiger partial charge on any atom is 0.106 e. The van der Waals surface area contributed by atoms with Gasteiger partial charge in [0.2, 0.25) is 0 Å². The highest BCUT2D eigenvalue weighted by Crippen LogP contribution is 2.33. The molecular formula is C7H14ClNO2.